The first kappa shape index (κ1) is 13.8. The van der Waals surface area contributed by atoms with Crippen molar-refractivity contribution in [2.24, 2.45) is 7.05 Å². The average Bonchev–Trinajstić information content (AvgIpc) is 2.93. The van der Waals surface area contributed by atoms with Crippen molar-refractivity contribution in [3.8, 4) is 0 Å². The molecule has 0 radical (unpaired) electrons. The van der Waals surface area contributed by atoms with Gasteiger partial charge in [-0.1, -0.05) is 0 Å². The van der Waals surface area contributed by atoms with Crippen LogP contribution in [0.25, 0.3) is 0 Å². The average molecular weight is 344 g/mol. The Bertz CT molecular complexity index is 635. The molecule has 0 saturated heterocycles. The summed E-state index contributed by atoms with van der Waals surface area (Å²) in [4.78, 5) is 23.1. The molecule has 2 heterocycles. The summed E-state index contributed by atoms with van der Waals surface area (Å²) in [5, 5.41) is 15.3. The van der Waals surface area contributed by atoms with Crippen LogP contribution in [0.4, 0.5) is 5.69 Å². The highest BCUT2D eigenvalue weighted by atomic mass is 79.9. The minimum absolute atomic E-state index is 0.0926. The summed E-state index contributed by atoms with van der Waals surface area (Å²) in [5.41, 5.74) is 0.171. The van der Waals surface area contributed by atoms with Gasteiger partial charge in [0.2, 0.25) is 0 Å². The van der Waals surface area contributed by atoms with Crippen molar-refractivity contribution in [1.82, 2.24) is 9.88 Å². The van der Waals surface area contributed by atoms with Crippen LogP contribution in [0.15, 0.2) is 28.2 Å². The lowest BCUT2D eigenvalue weighted by Gasteiger charge is -2.04. The van der Waals surface area contributed by atoms with E-state index in [1.807, 2.05) is 11.4 Å². The molecule has 0 aliphatic rings. The van der Waals surface area contributed by atoms with Crippen LogP contribution in [0.3, 0.4) is 0 Å². The quantitative estimate of drug-likeness (QED) is 0.684. The predicted octanol–water partition coefficient (Wildman–Crippen LogP) is 2.69. The Morgan fingerprint density at radius 1 is 1.63 bits per heavy atom. The molecule has 2 aromatic rings. The number of hydrogen-bond donors (Lipinski definition) is 1. The second kappa shape index (κ2) is 5.54. The van der Waals surface area contributed by atoms with Gasteiger partial charge in [0.1, 0.15) is 5.69 Å². The molecule has 1 N–H and O–H groups in total. The van der Waals surface area contributed by atoms with E-state index >= 15 is 0 Å². The molecule has 100 valence electrons. The maximum Gasteiger partial charge on any atom is 0.287 e. The van der Waals surface area contributed by atoms with Crippen molar-refractivity contribution in [1.29, 1.82) is 0 Å². The normalized spacial score (nSPS) is 10.4. The predicted molar refractivity (Wildman–Crippen MR) is 75.3 cm³/mol. The van der Waals surface area contributed by atoms with Gasteiger partial charge in [0.25, 0.3) is 11.6 Å². The summed E-state index contributed by atoms with van der Waals surface area (Å²) < 4.78 is 2.38. The van der Waals surface area contributed by atoms with E-state index < -0.39 is 4.92 Å². The fraction of sp³-hybridized carbons (Fsp3) is 0.182. The van der Waals surface area contributed by atoms with Crippen LogP contribution in [-0.4, -0.2) is 15.4 Å². The molecular weight excluding hydrogens is 334 g/mol. The molecule has 1 amide bonds. The number of amides is 1. The topological polar surface area (TPSA) is 77.2 Å². The Balaban J connectivity index is 2.08. The van der Waals surface area contributed by atoms with Crippen molar-refractivity contribution in [2.75, 3.05) is 0 Å². The third kappa shape index (κ3) is 3.02. The number of nitrogens with zero attached hydrogens (tertiary/aromatic N) is 2. The third-order valence-corrected chi connectivity index (χ3v) is 4.46. The molecule has 0 unspecified atom stereocenters. The number of aromatic nitrogens is 1. The number of carbonyl (C=O) groups excluding carboxylic acids is 1. The first-order valence-electron chi connectivity index (χ1n) is 5.30. The van der Waals surface area contributed by atoms with Gasteiger partial charge in [-0.05, 0) is 27.4 Å². The fourth-order valence-corrected chi connectivity index (χ4v) is 3.01. The number of thiophene rings is 1. The molecule has 0 atom stereocenters. The van der Waals surface area contributed by atoms with E-state index in [0.29, 0.717) is 6.54 Å². The molecule has 0 bridgehead atoms. The summed E-state index contributed by atoms with van der Waals surface area (Å²) in [7, 11) is 1.60. The summed E-state index contributed by atoms with van der Waals surface area (Å²) in [6.45, 7) is 0.385. The molecule has 6 nitrogen and oxygen atoms in total. The Morgan fingerprint density at radius 3 is 2.89 bits per heavy atom. The van der Waals surface area contributed by atoms with Crippen LogP contribution in [-0.2, 0) is 13.6 Å². The van der Waals surface area contributed by atoms with Crippen LogP contribution in [0.2, 0.25) is 0 Å². The molecule has 19 heavy (non-hydrogen) atoms. The number of rotatable bonds is 4. The van der Waals surface area contributed by atoms with Gasteiger partial charge in [-0.2, -0.15) is 0 Å². The van der Waals surface area contributed by atoms with Gasteiger partial charge in [-0.3, -0.25) is 14.9 Å². The van der Waals surface area contributed by atoms with Gasteiger partial charge in [0.15, 0.2) is 0 Å². The lowest BCUT2D eigenvalue weighted by Crippen LogP contribution is -2.24. The highest BCUT2D eigenvalue weighted by molar-refractivity contribution is 9.10. The second-order valence-corrected chi connectivity index (χ2v) is 5.68. The Kier molecular flexibility index (Phi) is 4.01. The van der Waals surface area contributed by atoms with Crippen molar-refractivity contribution >= 4 is 38.9 Å². The van der Waals surface area contributed by atoms with Crippen molar-refractivity contribution < 1.29 is 9.72 Å². The smallest absolute Gasteiger partial charge is 0.287 e. The molecule has 2 rings (SSSR count). The van der Waals surface area contributed by atoms with E-state index in [0.717, 1.165) is 9.35 Å². The van der Waals surface area contributed by atoms with Gasteiger partial charge in [-0.25, -0.2) is 0 Å². The van der Waals surface area contributed by atoms with Gasteiger partial charge in [0.05, 0.1) is 17.7 Å². The van der Waals surface area contributed by atoms with Gasteiger partial charge in [0, 0.05) is 22.5 Å². The molecule has 0 spiro atoms. The van der Waals surface area contributed by atoms with E-state index in [-0.39, 0.29) is 17.3 Å². The van der Waals surface area contributed by atoms with Crippen molar-refractivity contribution in [2.45, 2.75) is 6.54 Å². The van der Waals surface area contributed by atoms with Gasteiger partial charge in [-0.15, -0.1) is 11.3 Å². The summed E-state index contributed by atoms with van der Waals surface area (Å²) in [6, 6.07) is 3.16. The summed E-state index contributed by atoms with van der Waals surface area (Å²) in [6.07, 6.45) is 1.32. The number of nitrogens with one attached hydrogen (secondary N) is 1. The molecular formula is C11H10BrN3O3S. The zero-order valence-corrected chi connectivity index (χ0v) is 12.3. The van der Waals surface area contributed by atoms with E-state index in [9.17, 15) is 14.9 Å². The van der Waals surface area contributed by atoms with Crippen molar-refractivity contribution in [3.63, 3.8) is 0 Å². The Hall–Kier alpha value is -1.67. The first-order chi connectivity index (χ1) is 8.99. The summed E-state index contributed by atoms with van der Waals surface area (Å²) >= 11 is 4.90. The molecule has 0 aromatic carbocycles. The standard InChI is InChI=1S/C11H10BrN3O3S/c1-14-6-7(15(17)18)4-9(14)11(16)13-5-10-8(12)2-3-19-10/h2-4,6H,5H2,1H3,(H,13,16). The molecule has 8 heteroatoms. The number of hydrogen-bond acceptors (Lipinski definition) is 4. The van der Waals surface area contributed by atoms with E-state index in [1.165, 1.54) is 28.2 Å². The maximum atomic E-state index is 11.9. The molecule has 2 aromatic heterocycles. The molecule has 0 aliphatic heterocycles. The second-order valence-electron chi connectivity index (χ2n) is 3.83. The van der Waals surface area contributed by atoms with Gasteiger partial charge < -0.3 is 9.88 Å². The molecule has 0 aliphatic carbocycles. The van der Waals surface area contributed by atoms with Crippen molar-refractivity contribution in [3.05, 3.63) is 48.9 Å². The number of nitro groups is 1. The first-order valence-corrected chi connectivity index (χ1v) is 6.97. The number of halogens is 1. The van der Waals surface area contributed by atoms with Crippen LogP contribution < -0.4 is 5.32 Å². The minimum atomic E-state index is -0.521. The highest BCUT2D eigenvalue weighted by Crippen LogP contribution is 2.22. The van der Waals surface area contributed by atoms with E-state index in [4.69, 9.17) is 0 Å². The Morgan fingerprint density at radius 2 is 2.37 bits per heavy atom. The summed E-state index contributed by atoms with van der Waals surface area (Å²) in [5.74, 6) is -0.337. The zero-order valence-electron chi connectivity index (χ0n) is 9.92. The lowest BCUT2D eigenvalue weighted by molar-refractivity contribution is -0.384. The fourth-order valence-electron chi connectivity index (χ4n) is 1.58. The maximum absolute atomic E-state index is 11.9. The monoisotopic (exact) mass is 343 g/mol. The van der Waals surface area contributed by atoms with E-state index in [2.05, 4.69) is 21.2 Å². The molecule has 0 saturated carbocycles. The Labute approximate surface area is 121 Å². The zero-order chi connectivity index (χ0) is 14.0. The van der Waals surface area contributed by atoms with Crippen LogP contribution in [0.1, 0.15) is 15.4 Å². The molecule has 0 fully saturated rings. The number of carbonyl (C=O) groups is 1. The third-order valence-electron chi connectivity index (χ3n) is 2.53. The van der Waals surface area contributed by atoms with Crippen LogP contribution in [0.5, 0.6) is 0 Å². The lowest BCUT2D eigenvalue weighted by atomic mass is 10.3. The largest absolute Gasteiger partial charge is 0.346 e. The minimum Gasteiger partial charge on any atom is -0.346 e. The van der Waals surface area contributed by atoms with Crippen LogP contribution in [0, 0.1) is 10.1 Å². The van der Waals surface area contributed by atoms with Crippen LogP contribution >= 0.6 is 27.3 Å². The van der Waals surface area contributed by atoms with E-state index in [1.54, 1.807) is 7.05 Å². The van der Waals surface area contributed by atoms with Gasteiger partial charge >= 0.3 is 0 Å². The highest BCUT2D eigenvalue weighted by Gasteiger charge is 2.17. The SMILES string of the molecule is Cn1cc([N+](=O)[O-])cc1C(=O)NCc1sccc1Br. The number of aryl methyl sites for hydroxylation is 1.